The van der Waals surface area contributed by atoms with Crippen molar-refractivity contribution in [3.63, 3.8) is 0 Å². The van der Waals surface area contributed by atoms with Crippen molar-refractivity contribution < 1.29 is 14.3 Å². The molecule has 1 aliphatic heterocycles. The number of methoxy groups -OCH3 is 1. The number of rotatable bonds is 4. The average molecular weight is 345 g/mol. The molecule has 1 saturated carbocycles. The zero-order chi connectivity index (χ0) is 17.6. The van der Waals surface area contributed by atoms with Gasteiger partial charge in [-0.1, -0.05) is 31.0 Å². The molecule has 6 nitrogen and oxygen atoms in total. The molecule has 0 aromatic heterocycles. The first-order chi connectivity index (χ1) is 12.2. The molecule has 1 atom stereocenters. The molecule has 6 heteroatoms. The maximum absolute atomic E-state index is 13.0. The number of ether oxygens (including phenoxy) is 1. The van der Waals surface area contributed by atoms with Gasteiger partial charge < -0.3 is 15.0 Å². The van der Waals surface area contributed by atoms with Crippen LogP contribution in [0.5, 0.6) is 0 Å². The van der Waals surface area contributed by atoms with Crippen LogP contribution in [0.3, 0.4) is 0 Å². The van der Waals surface area contributed by atoms with Crippen LogP contribution in [0.2, 0.25) is 0 Å². The second-order valence-corrected chi connectivity index (χ2v) is 6.84. The van der Waals surface area contributed by atoms with Crippen LogP contribution in [-0.4, -0.2) is 61.1 Å². The SMILES string of the molecule is COC(=O)N1CCN(C(C(=O)Nc2ccccc2)C2CCCC2)CC1. The number of hydrogen-bond acceptors (Lipinski definition) is 4. The highest BCUT2D eigenvalue weighted by molar-refractivity contribution is 5.95. The fourth-order valence-corrected chi connectivity index (χ4v) is 4.00. The Kier molecular flexibility index (Phi) is 5.91. The molecule has 1 N–H and O–H groups in total. The first-order valence-corrected chi connectivity index (χ1v) is 9.12. The number of nitrogens with one attached hydrogen (secondary N) is 1. The molecule has 2 fully saturated rings. The number of hydrogen-bond donors (Lipinski definition) is 1. The maximum Gasteiger partial charge on any atom is 0.409 e. The van der Waals surface area contributed by atoms with Crippen molar-refractivity contribution in [2.75, 3.05) is 38.6 Å². The van der Waals surface area contributed by atoms with Gasteiger partial charge in [0.25, 0.3) is 0 Å². The summed E-state index contributed by atoms with van der Waals surface area (Å²) in [7, 11) is 1.41. The molecule has 25 heavy (non-hydrogen) atoms. The van der Waals surface area contributed by atoms with Crippen LogP contribution in [0.15, 0.2) is 30.3 Å². The summed E-state index contributed by atoms with van der Waals surface area (Å²) in [5.41, 5.74) is 0.837. The third-order valence-electron chi connectivity index (χ3n) is 5.30. The topological polar surface area (TPSA) is 61.9 Å². The number of piperazine rings is 1. The van der Waals surface area contributed by atoms with Crippen molar-refractivity contribution in [1.29, 1.82) is 0 Å². The minimum absolute atomic E-state index is 0.0737. The quantitative estimate of drug-likeness (QED) is 0.911. The van der Waals surface area contributed by atoms with Gasteiger partial charge in [-0.05, 0) is 30.9 Å². The fourth-order valence-electron chi connectivity index (χ4n) is 4.00. The molecule has 2 amide bonds. The Morgan fingerprint density at radius 3 is 2.32 bits per heavy atom. The second kappa shape index (κ2) is 8.34. The number of carbonyl (C=O) groups excluding carboxylic acids is 2. The fraction of sp³-hybridized carbons (Fsp3) is 0.579. The van der Waals surface area contributed by atoms with Gasteiger partial charge in [0.2, 0.25) is 5.91 Å². The first kappa shape index (κ1) is 17.7. The van der Waals surface area contributed by atoms with E-state index in [4.69, 9.17) is 4.74 Å². The zero-order valence-corrected chi connectivity index (χ0v) is 14.8. The Morgan fingerprint density at radius 1 is 1.08 bits per heavy atom. The van der Waals surface area contributed by atoms with Crippen molar-refractivity contribution in [3.8, 4) is 0 Å². The smallest absolute Gasteiger partial charge is 0.409 e. The highest BCUT2D eigenvalue weighted by Gasteiger charge is 2.37. The van der Waals surface area contributed by atoms with E-state index in [1.165, 1.54) is 20.0 Å². The zero-order valence-electron chi connectivity index (χ0n) is 14.8. The van der Waals surface area contributed by atoms with Crippen LogP contribution in [0.4, 0.5) is 10.5 Å². The lowest BCUT2D eigenvalue weighted by atomic mass is 9.95. The van der Waals surface area contributed by atoms with E-state index in [-0.39, 0.29) is 18.0 Å². The molecule has 1 saturated heterocycles. The summed E-state index contributed by atoms with van der Waals surface area (Å²) in [6, 6.07) is 9.50. The van der Waals surface area contributed by atoms with Gasteiger partial charge in [0.1, 0.15) is 0 Å². The Bertz CT molecular complexity index is 579. The van der Waals surface area contributed by atoms with Gasteiger partial charge in [-0.15, -0.1) is 0 Å². The van der Waals surface area contributed by atoms with Crippen LogP contribution >= 0.6 is 0 Å². The molecule has 1 aliphatic carbocycles. The van der Waals surface area contributed by atoms with E-state index in [1.54, 1.807) is 4.90 Å². The Balaban J connectivity index is 1.67. The summed E-state index contributed by atoms with van der Waals surface area (Å²) >= 11 is 0. The Hall–Kier alpha value is -2.08. The minimum atomic E-state index is -0.286. The van der Waals surface area contributed by atoms with Crippen molar-refractivity contribution >= 4 is 17.7 Å². The van der Waals surface area contributed by atoms with Gasteiger partial charge in [-0.25, -0.2) is 4.79 Å². The summed E-state index contributed by atoms with van der Waals surface area (Å²) in [5, 5.41) is 3.08. The molecule has 3 rings (SSSR count). The summed E-state index contributed by atoms with van der Waals surface area (Å²) < 4.78 is 4.80. The van der Waals surface area contributed by atoms with Crippen molar-refractivity contribution in [1.82, 2.24) is 9.80 Å². The molecule has 1 aromatic carbocycles. The molecule has 0 bridgehead atoms. The number of carbonyl (C=O) groups is 2. The molecule has 1 heterocycles. The van der Waals surface area contributed by atoms with Gasteiger partial charge in [-0.2, -0.15) is 0 Å². The van der Waals surface area contributed by atoms with Crippen molar-refractivity contribution in [3.05, 3.63) is 30.3 Å². The lowest BCUT2D eigenvalue weighted by Crippen LogP contribution is -2.56. The molecular formula is C19H27N3O3. The van der Waals surface area contributed by atoms with Crippen molar-refractivity contribution in [2.24, 2.45) is 5.92 Å². The van der Waals surface area contributed by atoms with E-state index in [0.717, 1.165) is 18.5 Å². The minimum Gasteiger partial charge on any atom is -0.453 e. The van der Waals surface area contributed by atoms with Gasteiger partial charge >= 0.3 is 6.09 Å². The van der Waals surface area contributed by atoms with Crippen molar-refractivity contribution in [2.45, 2.75) is 31.7 Å². The van der Waals surface area contributed by atoms with Gasteiger partial charge in [0.15, 0.2) is 0 Å². The summed E-state index contributed by atoms with van der Waals surface area (Å²) in [4.78, 5) is 28.6. The van der Waals surface area contributed by atoms with Crippen LogP contribution in [0, 0.1) is 5.92 Å². The monoisotopic (exact) mass is 345 g/mol. The molecule has 1 aromatic rings. The summed E-state index contributed by atoms with van der Waals surface area (Å²) in [6.45, 7) is 2.62. The predicted octanol–water partition coefficient (Wildman–Crippen LogP) is 2.57. The number of nitrogens with zero attached hydrogens (tertiary/aromatic N) is 2. The Morgan fingerprint density at radius 2 is 1.72 bits per heavy atom. The normalized spacial score (nSPS) is 20.3. The standard InChI is InChI=1S/C19H27N3O3/c1-25-19(24)22-13-11-21(12-14-22)17(15-7-5-6-8-15)18(23)20-16-9-3-2-4-10-16/h2-4,9-10,15,17H,5-8,11-14H2,1H3,(H,20,23). The van der Waals surface area contributed by atoms with E-state index in [1.807, 2.05) is 30.3 Å². The molecule has 0 radical (unpaired) electrons. The van der Waals surface area contributed by atoms with E-state index in [2.05, 4.69) is 10.2 Å². The van der Waals surface area contributed by atoms with Crippen LogP contribution in [0.25, 0.3) is 0 Å². The van der Waals surface area contributed by atoms with Gasteiger partial charge in [0.05, 0.1) is 13.2 Å². The largest absolute Gasteiger partial charge is 0.453 e. The lowest BCUT2D eigenvalue weighted by Gasteiger charge is -2.40. The maximum atomic E-state index is 13.0. The van der Waals surface area contributed by atoms with Gasteiger partial charge in [-0.3, -0.25) is 9.69 Å². The first-order valence-electron chi connectivity index (χ1n) is 9.12. The molecular weight excluding hydrogens is 318 g/mol. The number of amides is 2. The third-order valence-corrected chi connectivity index (χ3v) is 5.30. The van der Waals surface area contributed by atoms with Gasteiger partial charge in [0, 0.05) is 31.9 Å². The van der Waals surface area contributed by atoms with E-state index in [0.29, 0.717) is 32.1 Å². The molecule has 136 valence electrons. The highest BCUT2D eigenvalue weighted by Crippen LogP contribution is 2.31. The molecule has 0 spiro atoms. The van der Waals surface area contributed by atoms with Crippen LogP contribution < -0.4 is 5.32 Å². The molecule has 1 unspecified atom stereocenters. The predicted molar refractivity (Wildman–Crippen MR) is 96.4 cm³/mol. The Labute approximate surface area is 149 Å². The number of anilines is 1. The van der Waals surface area contributed by atoms with E-state index in [9.17, 15) is 9.59 Å². The third kappa shape index (κ3) is 4.31. The average Bonchev–Trinajstić information content (AvgIpc) is 3.17. The summed E-state index contributed by atoms with van der Waals surface area (Å²) in [6.07, 6.45) is 4.31. The highest BCUT2D eigenvalue weighted by atomic mass is 16.5. The number of para-hydroxylation sites is 1. The second-order valence-electron chi connectivity index (χ2n) is 6.84. The molecule has 2 aliphatic rings. The van der Waals surface area contributed by atoms with E-state index >= 15 is 0 Å². The lowest BCUT2D eigenvalue weighted by molar-refractivity contribution is -0.124. The van der Waals surface area contributed by atoms with Crippen LogP contribution in [-0.2, 0) is 9.53 Å². The number of benzene rings is 1. The summed E-state index contributed by atoms with van der Waals surface area (Å²) in [5.74, 6) is 0.470. The van der Waals surface area contributed by atoms with Crippen LogP contribution in [0.1, 0.15) is 25.7 Å². The van der Waals surface area contributed by atoms with E-state index < -0.39 is 0 Å².